The Hall–Kier alpha value is -2.40. The number of nitrogens with two attached hydrogens (primary N) is 1. The van der Waals surface area contributed by atoms with E-state index in [2.05, 4.69) is 10.6 Å². The van der Waals surface area contributed by atoms with Crippen molar-refractivity contribution < 1.29 is 9.18 Å². The first kappa shape index (κ1) is 15.0. The first-order valence-corrected chi connectivity index (χ1v) is 6.70. The molecule has 0 aliphatic rings. The van der Waals surface area contributed by atoms with Gasteiger partial charge in [-0.2, -0.15) is 0 Å². The summed E-state index contributed by atoms with van der Waals surface area (Å²) in [5.74, 6) is -0.336. The summed E-state index contributed by atoms with van der Waals surface area (Å²) >= 11 is 0. The molecule has 0 radical (unpaired) electrons. The second-order valence-electron chi connectivity index (χ2n) is 4.81. The first-order chi connectivity index (χ1) is 10.1. The molecule has 0 heterocycles. The number of rotatable bonds is 4. The summed E-state index contributed by atoms with van der Waals surface area (Å²) in [6, 6.07) is 13.1. The van der Waals surface area contributed by atoms with Crippen LogP contribution in [0, 0.1) is 5.82 Å². The van der Waals surface area contributed by atoms with Crippen LogP contribution in [0.2, 0.25) is 0 Å². The molecule has 1 atom stereocenters. The highest BCUT2D eigenvalue weighted by atomic mass is 19.1. The summed E-state index contributed by atoms with van der Waals surface area (Å²) in [7, 11) is 0. The molecule has 2 aromatic rings. The molecule has 4 N–H and O–H groups in total. The van der Waals surface area contributed by atoms with E-state index in [9.17, 15) is 9.18 Å². The molecule has 1 unspecified atom stereocenters. The third-order valence-electron chi connectivity index (χ3n) is 3.07. The Morgan fingerprint density at radius 3 is 2.71 bits per heavy atom. The van der Waals surface area contributed by atoms with Crippen molar-refractivity contribution in [2.45, 2.75) is 19.5 Å². The third kappa shape index (κ3) is 4.29. The minimum Gasteiger partial charge on any atom is -0.334 e. The van der Waals surface area contributed by atoms with Gasteiger partial charge in [-0.25, -0.2) is 9.18 Å². The number of benzene rings is 2. The molecule has 21 heavy (non-hydrogen) atoms. The van der Waals surface area contributed by atoms with Gasteiger partial charge in [-0.05, 0) is 30.7 Å². The van der Waals surface area contributed by atoms with Crippen molar-refractivity contribution in [3.05, 3.63) is 65.5 Å². The van der Waals surface area contributed by atoms with E-state index in [4.69, 9.17) is 5.73 Å². The van der Waals surface area contributed by atoms with Crippen LogP contribution in [0.5, 0.6) is 0 Å². The van der Waals surface area contributed by atoms with Crippen LogP contribution in [0.1, 0.15) is 24.1 Å². The molecule has 5 heteroatoms. The second-order valence-corrected chi connectivity index (χ2v) is 4.81. The lowest BCUT2D eigenvalue weighted by atomic mass is 10.1. The Bertz CT molecular complexity index is 628. The van der Waals surface area contributed by atoms with Gasteiger partial charge in [0.1, 0.15) is 5.82 Å². The van der Waals surface area contributed by atoms with Crippen molar-refractivity contribution in [1.29, 1.82) is 0 Å². The number of carbonyl (C=O) groups excluding carboxylic acids is 1. The number of hydrogen-bond donors (Lipinski definition) is 3. The number of amides is 2. The monoisotopic (exact) mass is 287 g/mol. The lowest BCUT2D eigenvalue weighted by Gasteiger charge is -2.11. The minimum absolute atomic E-state index is 0.103. The maximum absolute atomic E-state index is 13.4. The van der Waals surface area contributed by atoms with Gasteiger partial charge in [-0.1, -0.05) is 30.3 Å². The largest absolute Gasteiger partial charge is 0.334 e. The van der Waals surface area contributed by atoms with Gasteiger partial charge in [-0.15, -0.1) is 0 Å². The molecule has 0 spiro atoms. The van der Waals surface area contributed by atoms with Crippen molar-refractivity contribution in [2.75, 3.05) is 5.32 Å². The van der Waals surface area contributed by atoms with Crippen LogP contribution in [0.15, 0.2) is 48.5 Å². The van der Waals surface area contributed by atoms with Crippen LogP contribution < -0.4 is 16.4 Å². The van der Waals surface area contributed by atoms with E-state index in [0.717, 1.165) is 5.56 Å². The predicted octanol–water partition coefficient (Wildman–Crippen LogP) is 3.17. The summed E-state index contributed by atoms with van der Waals surface area (Å²) in [5.41, 5.74) is 7.82. The molecule has 2 aromatic carbocycles. The molecular formula is C16H18FN3O. The molecule has 0 aromatic heterocycles. The Kier molecular flexibility index (Phi) is 4.90. The molecule has 0 aliphatic carbocycles. The fourth-order valence-corrected chi connectivity index (χ4v) is 1.89. The fraction of sp³-hybridized carbons (Fsp3) is 0.188. The summed E-state index contributed by atoms with van der Waals surface area (Å²) in [4.78, 5) is 11.8. The smallest absolute Gasteiger partial charge is 0.319 e. The Balaban J connectivity index is 1.93. The van der Waals surface area contributed by atoms with Gasteiger partial charge in [0, 0.05) is 23.8 Å². The summed E-state index contributed by atoms with van der Waals surface area (Å²) in [5, 5.41) is 5.31. The highest BCUT2D eigenvalue weighted by molar-refractivity contribution is 5.89. The van der Waals surface area contributed by atoms with Gasteiger partial charge in [0.05, 0.1) is 0 Å². The van der Waals surface area contributed by atoms with Gasteiger partial charge >= 0.3 is 6.03 Å². The summed E-state index contributed by atoms with van der Waals surface area (Å²) < 4.78 is 13.4. The SMILES string of the molecule is CC(N)c1cccc(NC(=O)NCc2ccccc2F)c1. The van der Waals surface area contributed by atoms with E-state index in [-0.39, 0.29) is 24.4 Å². The molecule has 0 saturated heterocycles. The molecule has 0 saturated carbocycles. The van der Waals surface area contributed by atoms with Crippen molar-refractivity contribution in [3.63, 3.8) is 0 Å². The van der Waals surface area contributed by atoms with Crippen LogP contribution in [-0.4, -0.2) is 6.03 Å². The fourth-order valence-electron chi connectivity index (χ4n) is 1.89. The average molecular weight is 287 g/mol. The maximum atomic E-state index is 13.4. The zero-order chi connectivity index (χ0) is 15.2. The van der Waals surface area contributed by atoms with Gasteiger partial charge in [0.15, 0.2) is 0 Å². The molecule has 0 fully saturated rings. The van der Waals surface area contributed by atoms with Crippen LogP contribution in [0.4, 0.5) is 14.9 Å². The van der Waals surface area contributed by atoms with Crippen LogP contribution in [0.25, 0.3) is 0 Å². The molecule has 0 bridgehead atoms. The van der Waals surface area contributed by atoms with Crippen molar-refractivity contribution in [3.8, 4) is 0 Å². The van der Waals surface area contributed by atoms with Crippen LogP contribution in [-0.2, 0) is 6.54 Å². The third-order valence-corrected chi connectivity index (χ3v) is 3.07. The van der Waals surface area contributed by atoms with E-state index in [0.29, 0.717) is 11.3 Å². The molecule has 4 nitrogen and oxygen atoms in total. The Labute approximate surface area is 123 Å². The van der Waals surface area contributed by atoms with Gasteiger partial charge in [0.2, 0.25) is 0 Å². The van der Waals surface area contributed by atoms with Gasteiger partial charge in [-0.3, -0.25) is 0 Å². The Morgan fingerprint density at radius 2 is 2.00 bits per heavy atom. The number of hydrogen-bond acceptors (Lipinski definition) is 2. The van der Waals surface area contributed by atoms with Gasteiger partial charge < -0.3 is 16.4 Å². The number of urea groups is 1. The normalized spacial score (nSPS) is 11.8. The highest BCUT2D eigenvalue weighted by Crippen LogP contribution is 2.15. The molecule has 0 aliphatic heterocycles. The average Bonchev–Trinajstić information content (AvgIpc) is 2.46. The number of halogens is 1. The topological polar surface area (TPSA) is 67.1 Å². The molecule has 2 rings (SSSR count). The zero-order valence-electron chi connectivity index (χ0n) is 11.8. The second kappa shape index (κ2) is 6.85. The van der Waals surface area contributed by atoms with Gasteiger partial charge in [0.25, 0.3) is 0 Å². The zero-order valence-corrected chi connectivity index (χ0v) is 11.8. The van der Waals surface area contributed by atoms with E-state index in [1.165, 1.54) is 6.07 Å². The van der Waals surface area contributed by atoms with Crippen molar-refractivity contribution in [2.24, 2.45) is 5.73 Å². The number of nitrogens with one attached hydrogen (secondary N) is 2. The standard InChI is InChI=1S/C16H18FN3O/c1-11(18)12-6-4-7-14(9-12)20-16(21)19-10-13-5-2-3-8-15(13)17/h2-9,11H,10,18H2,1H3,(H2,19,20,21). The molecule has 2 amide bonds. The minimum atomic E-state index is -0.389. The van der Waals surface area contributed by atoms with E-state index < -0.39 is 0 Å². The quantitative estimate of drug-likeness (QED) is 0.808. The molecular weight excluding hydrogens is 269 g/mol. The first-order valence-electron chi connectivity index (χ1n) is 6.70. The Morgan fingerprint density at radius 1 is 1.24 bits per heavy atom. The number of anilines is 1. The van der Waals surface area contributed by atoms with E-state index >= 15 is 0 Å². The maximum Gasteiger partial charge on any atom is 0.319 e. The highest BCUT2D eigenvalue weighted by Gasteiger charge is 2.06. The summed E-state index contributed by atoms with van der Waals surface area (Å²) in [6.45, 7) is 2.00. The lowest BCUT2D eigenvalue weighted by Crippen LogP contribution is -2.28. The lowest BCUT2D eigenvalue weighted by molar-refractivity contribution is 0.251. The van der Waals surface area contributed by atoms with Crippen molar-refractivity contribution in [1.82, 2.24) is 5.32 Å². The summed E-state index contributed by atoms with van der Waals surface area (Å²) in [6.07, 6.45) is 0. The molecule has 110 valence electrons. The van der Waals surface area contributed by atoms with E-state index in [1.807, 2.05) is 25.1 Å². The van der Waals surface area contributed by atoms with E-state index in [1.54, 1.807) is 24.3 Å². The predicted molar refractivity (Wildman–Crippen MR) is 81.3 cm³/mol. The van der Waals surface area contributed by atoms with Crippen LogP contribution in [0.3, 0.4) is 0 Å². The van der Waals surface area contributed by atoms with Crippen molar-refractivity contribution >= 4 is 11.7 Å². The van der Waals surface area contributed by atoms with Crippen LogP contribution >= 0.6 is 0 Å². The number of carbonyl (C=O) groups is 1.